The van der Waals surface area contributed by atoms with E-state index in [1.807, 2.05) is 42.2 Å². The van der Waals surface area contributed by atoms with Crippen LogP contribution in [0.2, 0.25) is 10.0 Å². The highest BCUT2D eigenvalue weighted by Crippen LogP contribution is 2.39. The maximum atomic E-state index is 13.7. The first-order valence-electron chi connectivity index (χ1n) is 9.90. The number of amides is 2. The minimum Gasteiger partial charge on any atom is -0.337 e. The Morgan fingerprint density at radius 2 is 1.52 bits per heavy atom. The molecule has 0 radical (unpaired) electrons. The Hall–Kier alpha value is -3.08. The van der Waals surface area contributed by atoms with Gasteiger partial charge in [0.15, 0.2) is 0 Å². The first-order chi connectivity index (χ1) is 14.9. The quantitative estimate of drug-likeness (QED) is 0.440. The summed E-state index contributed by atoms with van der Waals surface area (Å²) in [6, 6.07) is 21.7. The smallest absolute Gasteiger partial charge is 0.282 e. The Morgan fingerprint density at radius 1 is 0.839 bits per heavy atom. The number of rotatable bonds is 5. The summed E-state index contributed by atoms with van der Waals surface area (Å²) in [6.07, 6.45) is 0. The second-order valence-corrected chi connectivity index (χ2v) is 7.98. The van der Waals surface area contributed by atoms with Crippen molar-refractivity contribution in [1.82, 2.24) is 0 Å². The summed E-state index contributed by atoms with van der Waals surface area (Å²) in [7, 11) is 0. The minimum absolute atomic E-state index is 0.334. The van der Waals surface area contributed by atoms with Gasteiger partial charge in [-0.3, -0.25) is 9.59 Å². The highest BCUT2D eigenvalue weighted by Gasteiger charge is 2.43. The van der Waals surface area contributed by atoms with E-state index in [1.54, 1.807) is 49.4 Å². The van der Waals surface area contributed by atoms with E-state index in [0.29, 0.717) is 44.7 Å². The monoisotopic (exact) mass is 450 g/mol. The molecule has 0 aliphatic carbocycles. The molecular weight excluding hydrogens is 431 g/mol. The van der Waals surface area contributed by atoms with Crippen molar-refractivity contribution in [2.45, 2.75) is 13.8 Å². The molecule has 1 aliphatic heterocycles. The van der Waals surface area contributed by atoms with Crippen LogP contribution in [-0.2, 0) is 9.59 Å². The van der Waals surface area contributed by atoms with Crippen molar-refractivity contribution < 1.29 is 9.59 Å². The highest BCUT2D eigenvalue weighted by molar-refractivity contribution is 6.47. The Kier molecular flexibility index (Phi) is 5.86. The molecule has 0 aromatic heterocycles. The van der Waals surface area contributed by atoms with Crippen molar-refractivity contribution in [3.05, 3.63) is 99.7 Å². The summed E-state index contributed by atoms with van der Waals surface area (Å²) in [5.41, 5.74) is 3.29. The van der Waals surface area contributed by atoms with Crippen LogP contribution in [0.15, 0.2) is 78.5 Å². The van der Waals surface area contributed by atoms with Crippen LogP contribution in [0.5, 0.6) is 0 Å². The molecule has 0 unspecified atom stereocenters. The molecule has 0 fully saturated rings. The third-order valence-corrected chi connectivity index (χ3v) is 5.99. The molecule has 3 aromatic rings. The van der Waals surface area contributed by atoms with Gasteiger partial charge in [0.1, 0.15) is 5.70 Å². The lowest BCUT2D eigenvalue weighted by Crippen LogP contribution is -2.35. The van der Waals surface area contributed by atoms with E-state index in [-0.39, 0.29) is 11.8 Å². The van der Waals surface area contributed by atoms with E-state index in [4.69, 9.17) is 23.2 Å². The molecule has 0 spiro atoms. The summed E-state index contributed by atoms with van der Waals surface area (Å²) in [5, 5.41) is 1.05. The molecule has 4 nitrogen and oxygen atoms in total. The van der Waals surface area contributed by atoms with Gasteiger partial charge in [-0.15, -0.1) is 0 Å². The van der Waals surface area contributed by atoms with Crippen LogP contribution in [0.25, 0.3) is 5.57 Å². The molecule has 0 bridgehead atoms. The first-order valence-corrected chi connectivity index (χ1v) is 10.7. The molecule has 0 N–H and O–H groups in total. The lowest BCUT2D eigenvalue weighted by molar-refractivity contribution is -0.120. The second-order valence-electron chi connectivity index (χ2n) is 7.14. The fourth-order valence-electron chi connectivity index (χ4n) is 3.78. The molecule has 31 heavy (non-hydrogen) atoms. The number of nitrogens with zero attached hydrogens (tertiary/aromatic N) is 2. The Morgan fingerprint density at radius 3 is 2.16 bits per heavy atom. The molecule has 1 heterocycles. The van der Waals surface area contributed by atoms with Crippen molar-refractivity contribution in [1.29, 1.82) is 0 Å². The SMILES string of the molecule is CCN(C1=C(c2ccc(Cl)cc2)C(=O)N(c2cccc(Cl)c2C)C1=O)c1ccccc1. The van der Waals surface area contributed by atoms with E-state index in [1.165, 1.54) is 4.90 Å². The maximum Gasteiger partial charge on any atom is 0.282 e. The number of hydrogen-bond donors (Lipinski definition) is 0. The Balaban J connectivity index is 1.93. The number of benzene rings is 3. The van der Waals surface area contributed by atoms with Gasteiger partial charge in [-0.05, 0) is 61.4 Å². The lowest BCUT2D eigenvalue weighted by atomic mass is 10.0. The number of halogens is 2. The van der Waals surface area contributed by atoms with Gasteiger partial charge in [0, 0.05) is 22.3 Å². The fourth-order valence-corrected chi connectivity index (χ4v) is 4.08. The van der Waals surface area contributed by atoms with Crippen LogP contribution in [0, 0.1) is 6.92 Å². The van der Waals surface area contributed by atoms with Crippen LogP contribution in [0.4, 0.5) is 11.4 Å². The Bertz CT molecular complexity index is 1190. The summed E-state index contributed by atoms with van der Waals surface area (Å²) < 4.78 is 0. The van der Waals surface area contributed by atoms with Gasteiger partial charge in [0.2, 0.25) is 0 Å². The molecule has 0 saturated carbocycles. The number of para-hydroxylation sites is 1. The van der Waals surface area contributed by atoms with Crippen molar-refractivity contribution in [2.75, 3.05) is 16.3 Å². The number of anilines is 2. The first kappa shape index (κ1) is 21.2. The van der Waals surface area contributed by atoms with Gasteiger partial charge in [-0.2, -0.15) is 0 Å². The maximum absolute atomic E-state index is 13.7. The zero-order chi connectivity index (χ0) is 22.1. The van der Waals surface area contributed by atoms with Gasteiger partial charge in [-0.1, -0.05) is 59.6 Å². The topological polar surface area (TPSA) is 40.6 Å². The van der Waals surface area contributed by atoms with Crippen LogP contribution in [0.3, 0.4) is 0 Å². The molecule has 0 saturated heterocycles. The molecule has 2 amide bonds. The second kappa shape index (κ2) is 8.58. The third-order valence-electron chi connectivity index (χ3n) is 5.33. The van der Waals surface area contributed by atoms with Crippen LogP contribution in [-0.4, -0.2) is 18.4 Å². The summed E-state index contributed by atoms with van der Waals surface area (Å²) in [6.45, 7) is 4.26. The number of carbonyl (C=O) groups excluding carboxylic acids is 2. The summed E-state index contributed by atoms with van der Waals surface area (Å²) in [4.78, 5) is 30.5. The number of carbonyl (C=O) groups is 2. The molecule has 4 rings (SSSR count). The standard InChI is InChI=1S/C25H20Cl2N2O2/c1-3-28(19-8-5-4-6-9-19)23-22(17-12-14-18(26)15-13-17)24(30)29(25(23)31)21-11-7-10-20(27)16(21)2/h4-15H,3H2,1-2H3. The van der Waals surface area contributed by atoms with E-state index >= 15 is 0 Å². The van der Waals surface area contributed by atoms with Crippen molar-refractivity contribution in [2.24, 2.45) is 0 Å². The summed E-state index contributed by atoms with van der Waals surface area (Å²) >= 11 is 12.4. The van der Waals surface area contributed by atoms with Crippen LogP contribution in [0.1, 0.15) is 18.1 Å². The predicted octanol–water partition coefficient (Wildman–Crippen LogP) is 6.11. The third kappa shape index (κ3) is 3.73. The lowest BCUT2D eigenvalue weighted by Gasteiger charge is -2.25. The Labute approximate surface area is 191 Å². The average molecular weight is 451 g/mol. The van der Waals surface area contributed by atoms with Crippen molar-refractivity contribution in [3.63, 3.8) is 0 Å². The molecule has 1 aliphatic rings. The molecule has 0 atom stereocenters. The molecule has 3 aromatic carbocycles. The normalized spacial score (nSPS) is 13.9. The molecule has 156 valence electrons. The van der Waals surface area contributed by atoms with Gasteiger partial charge < -0.3 is 4.90 Å². The van der Waals surface area contributed by atoms with E-state index in [0.717, 1.165) is 5.69 Å². The largest absolute Gasteiger partial charge is 0.337 e. The minimum atomic E-state index is -0.387. The average Bonchev–Trinajstić information content (AvgIpc) is 3.02. The van der Waals surface area contributed by atoms with Crippen molar-refractivity contribution in [3.8, 4) is 0 Å². The number of likely N-dealkylation sites (N-methyl/N-ethyl adjacent to an activating group) is 1. The van der Waals surface area contributed by atoms with Gasteiger partial charge in [0.25, 0.3) is 11.8 Å². The fraction of sp³-hybridized carbons (Fsp3) is 0.120. The summed E-state index contributed by atoms with van der Waals surface area (Å²) in [5.74, 6) is -0.770. The van der Waals surface area contributed by atoms with Gasteiger partial charge in [-0.25, -0.2) is 4.90 Å². The van der Waals surface area contributed by atoms with Gasteiger partial charge in [0.05, 0.1) is 11.3 Å². The highest BCUT2D eigenvalue weighted by atomic mass is 35.5. The predicted molar refractivity (Wildman–Crippen MR) is 127 cm³/mol. The molecule has 6 heteroatoms. The number of hydrogen-bond acceptors (Lipinski definition) is 3. The van der Waals surface area contributed by atoms with Crippen LogP contribution >= 0.6 is 23.2 Å². The van der Waals surface area contributed by atoms with Crippen molar-refractivity contribution >= 4 is 52.0 Å². The molecular formula is C25H20Cl2N2O2. The van der Waals surface area contributed by atoms with E-state index < -0.39 is 0 Å². The zero-order valence-electron chi connectivity index (χ0n) is 17.1. The van der Waals surface area contributed by atoms with E-state index in [9.17, 15) is 9.59 Å². The zero-order valence-corrected chi connectivity index (χ0v) is 18.6. The number of imide groups is 1. The van der Waals surface area contributed by atoms with Crippen LogP contribution < -0.4 is 9.80 Å². The van der Waals surface area contributed by atoms with E-state index in [2.05, 4.69) is 0 Å². The van der Waals surface area contributed by atoms with Gasteiger partial charge >= 0.3 is 0 Å².